The van der Waals surface area contributed by atoms with Gasteiger partial charge in [-0.25, -0.2) is 0 Å². The number of methoxy groups -OCH3 is 2. The van der Waals surface area contributed by atoms with Crippen LogP contribution in [0.1, 0.15) is 31.7 Å². The van der Waals surface area contributed by atoms with Crippen molar-refractivity contribution in [2.75, 3.05) is 44.1 Å². The van der Waals surface area contributed by atoms with Gasteiger partial charge in [-0.15, -0.1) is 0 Å². The molecule has 2 aliphatic rings. The Bertz CT molecular complexity index is 1040. The number of anilines is 2. The molecule has 0 saturated carbocycles. The van der Waals surface area contributed by atoms with Crippen molar-refractivity contribution in [1.29, 1.82) is 0 Å². The second-order valence-corrected chi connectivity index (χ2v) is 7.89. The fourth-order valence-corrected chi connectivity index (χ4v) is 4.29. The van der Waals surface area contributed by atoms with E-state index >= 15 is 0 Å². The summed E-state index contributed by atoms with van der Waals surface area (Å²) in [6.07, 6.45) is 3.71. The zero-order valence-corrected chi connectivity index (χ0v) is 18.8. The number of hydrogen-bond acceptors (Lipinski definition) is 6. The van der Waals surface area contributed by atoms with Crippen molar-refractivity contribution in [2.24, 2.45) is 0 Å². The third kappa shape index (κ3) is 4.02. The van der Waals surface area contributed by atoms with E-state index in [-0.39, 0.29) is 17.5 Å². The quantitative estimate of drug-likeness (QED) is 0.665. The van der Waals surface area contributed by atoms with Crippen LogP contribution >= 0.6 is 0 Å². The molecule has 0 bridgehead atoms. The van der Waals surface area contributed by atoms with Gasteiger partial charge in [-0.05, 0) is 68.1 Å². The largest absolute Gasteiger partial charge is 0.493 e. The van der Waals surface area contributed by atoms with Crippen molar-refractivity contribution < 1.29 is 19.1 Å². The van der Waals surface area contributed by atoms with Gasteiger partial charge in [-0.3, -0.25) is 14.5 Å². The predicted molar refractivity (Wildman–Crippen MR) is 125 cm³/mol. The van der Waals surface area contributed by atoms with E-state index < -0.39 is 0 Å². The average Bonchev–Trinajstić information content (AvgIpc) is 3.08. The van der Waals surface area contributed by atoms with Crippen molar-refractivity contribution >= 4 is 28.8 Å². The predicted octanol–water partition coefficient (Wildman–Crippen LogP) is 3.91. The number of nitrogens with zero attached hydrogens (tertiary/aromatic N) is 2. The maximum absolute atomic E-state index is 13.1. The van der Waals surface area contributed by atoms with Crippen molar-refractivity contribution in [2.45, 2.75) is 26.2 Å². The number of rotatable bonds is 7. The Morgan fingerprint density at radius 2 is 1.56 bits per heavy atom. The van der Waals surface area contributed by atoms with E-state index in [9.17, 15) is 9.59 Å². The number of carbonyl (C=O) groups is 2. The lowest BCUT2D eigenvalue weighted by molar-refractivity contribution is -0.136. The SMILES string of the molecule is CCN1C(=O)C(Nc2ccc(N3CCCCC3)cc2)=C(c2ccc(OC)c(OC)c2)C1=O. The van der Waals surface area contributed by atoms with E-state index in [0.29, 0.717) is 29.2 Å². The molecule has 32 heavy (non-hydrogen) atoms. The number of piperidine rings is 1. The molecule has 0 radical (unpaired) electrons. The van der Waals surface area contributed by atoms with E-state index in [2.05, 4.69) is 22.3 Å². The maximum Gasteiger partial charge on any atom is 0.278 e. The first-order valence-corrected chi connectivity index (χ1v) is 11.0. The molecule has 0 spiro atoms. The first-order chi connectivity index (χ1) is 15.6. The van der Waals surface area contributed by atoms with Gasteiger partial charge in [0.1, 0.15) is 5.70 Å². The third-order valence-electron chi connectivity index (χ3n) is 6.01. The molecule has 168 valence electrons. The van der Waals surface area contributed by atoms with Gasteiger partial charge >= 0.3 is 0 Å². The second-order valence-electron chi connectivity index (χ2n) is 7.89. The van der Waals surface area contributed by atoms with Crippen LogP contribution in [0.4, 0.5) is 11.4 Å². The first-order valence-electron chi connectivity index (χ1n) is 11.0. The molecule has 1 N–H and O–H groups in total. The highest BCUT2D eigenvalue weighted by Gasteiger charge is 2.38. The maximum atomic E-state index is 13.1. The summed E-state index contributed by atoms with van der Waals surface area (Å²) < 4.78 is 10.7. The Balaban J connectivity index is 1.67. The van der Waals surface area contributed by atoms with Gasteiger partial charge in [-0.2, -0.15) is 0 Å². The van der Waals surface area contributed by atoms with Crippen LogP contribution in [-0.4, -0.2) is 50.6 Å². The number of nitrogens with one attached hydrogen (secondary N) is 1. The minimum Gasteiger partial charge on any atom is -0.493 e. The number of benzene rings is 2. The Morgan fingerprint density at radius 3 is 2.19 bits per heavy atom. The average molecular weight is 436 g/mol. The molecule has 2 amide bonds. The van der Waals surface area contributed by atoms with Crippen molar-refractivity contribution in [3.63, 3.8) is 0 Å². The lowest BCUT2D eigenvalue weighted by atomic mass is 10.0. The molecule has 7 nitrogen and oxygen atoms in total. The fraction of sp³-hybridized carbons (Fsp3) is 0.360. The molecular weight excluding hydrogens is 406 g/mol. The second kappa shape index (κ2) is 9.34. The lowest BCUT2D eigenvalue weighted by Gasteiger charge is -2.28. The Hall–Kier alpha value is -3.48. The Labute approximate surface area is 188 Å². The number of imide groups is 1. The van der Waals surface area contributed by atoms with Crippen molar-refractivity contribution in [1.82, 2.24) is 4.90 Å². The van der Waals surface area contributed by atoms with Gasteiger partial charge in [0.05, 0.1) is 19.8 Å². The van der Waals surface area contributed by atoms with Crippen molar-refractivity contribution in [3.05, 3.63) is 53.7 Å². The standard InChI is InChI=1S/C25H29N3O4/c1-4-28-24(29)22(17-8-13-20(31-2)21(16-17)32-3)23(25(28)30)26-18-9-11-19(12-10-18)27-14-6-5-7-15-27/h8-13,16,26H,4-7,14-15H2,1-3H3. The normalized spacial score (nSPS) is 16.6. The fourth-order valence-electron chi connectivity index (χ4n) is 4.29. The van der Waals surface area contributed by atoms with Gasteiger partial charge in [0.2, 0.25) is 0 Å². The highest BCUT2D eigenvalue weighted by atomic mass is 16.5. The third-order valence-corrected chi connectivity index (χ3v) is 6.01. The summed E-state index contributed by atoms with van der Waals surface area (Å²) in [4.78, 5) is 29.8. The molecule has 0 atom stereocenters. The monoisotopic (exact) mass is 435 g/mol. The van der Waals surface area contributed by atoms with E-state index in [1.807, 2.05) is 12.1 Å². The molecular formula is C25H29N3O4. The lowest BCUT2D eigenvalue weighted by Crippen LogP contribution is -2.32. The molecule has 7 heteroatoms. The van der Waals surface area contributed by atoms with Crippen LogP contribution in [0.2, 0.25) is 0 Å². The van der Waals surface area contributed by atoms with Gasteiger partial charge in [0.15, 0.2) is 11.5 Å². The molecule has 2 aromatic carbocycles. The van der Waals surface area contributed by atoms with E-state index in [4.69, 9.17) is 9.47 Å². The first kappa shape index (κ1) is 21.7. The van der Waals surface area contributed by atoms with Crippen molar-refractivity contribution in [3.8, 4) is 11.5 Å². The topological polar surface area (TPSA) is 71.1 Å². The molecule has 2 aliphatic heterocycles. The summed E-state index contributed by atoms with van der Waals surface area (Å²) in [5, 5.41) is 3.21. The molecule has 4 rings (SSSR count). The van der Waals surface area contributed by atoms with Gasteiger partial charge < -0.3 is 19.7 Å². The summed E-state index contributed by atoms with van der Waals surface area (Å²) in [6, 6.07) is 13.2. The number of likely N-dealkylation sites (N-methyl/N-ethyl adjacent to an activating group) is 1. The van der Waals surface area contributed by atoms with Crippen LogP contribution in [-0.2, 0) is 9.59 Å². The van der Waals surface area contributed by atoms with Gasteiger partial charge in [0, 0.05) is 31.0 Å². The summed E-state index contributed by atoms with van der Waals surface area (Å²) in [5.41, 5.74) is 3.14. The van der Waals surface area contributed by atoms with Crippen LogP contribution in [0.25, 0.3) is 5.57 Å². The number of ether oxygens (including phenoxy) is 2. The molecule has 2 heterocycles. The molecule has 0 unspecified atom stereocenters. The minimum absolute atomic E-state index is 0.273. The number of hydrogen-bond donors (Lipinski definition) is 1. The molecule has 0 aromatic heterocycles. The molecule has 0 aliphatic carbocycles. The van der Waals surface area contributed by atoms with Crippen LogP contribution in [0.3, 0.4) is 0 Å². The zero-order valence-electron chi connectivity index (χ0n) is 18.8. The summed E-state index contributed by atoms with van der Waals surface area (Å²) in [6.45, 7) is 4.23. The smallest absolute Gasteiger partial charge is 0.278 e. The van der Waals surface area contributed by atoms with Crippen LogP contribution in [0.5, 0.6) is 11.5 Å². The zero-order chi connectivity index (χ0) is 22.7. The minimum atomic E-state index is -0.331. The number of amides is 2. The molecule has 1 fully saturated rings. The van der Waals surface area contributed by atoms with Crippen LogP contribution in [0.15, 0.2) is 48.2 Å². The van der Waals surface area contributed by atoms with Gasteiger partial charge in [0.25, 0.3) is 11.8 Å². The van der Waals surface area contributed by atoms with E-state index in [1.54, 1.807) is 39.3 Å². The Kier molecular flexibility index (Phi) is 6.35. The Morgan fingerprint density at radius 1 is 0.875 bits per heavy atom. The van der Waals surface area contributed by atoms with E-state index in [0.717, 1.165) is 18.8 Å². The number of carbonyl (C=O) groups excluding carboxylic acids is 2. The summed E-state index contributed by atoms with van der Waals surface area (Å²) in [7, 11) is 3.10. The van der Waals surface area contributed by atoms with Gasteiger partial charge in [-0.1, -0.05) is 6.07 Å². The molecule has 2 aromatic rings. The van der Waals surface area contributed by atoms with Crippen LogP contribution < -0.4 is 19.7 Å². The summed E-state index contributed by atoms with van der Waals surface area (Å²) in [5.74, 6) is 0.404. The van der Waals surface area contributed by atoms with Crippen LogP contribution in [0, 0.1) is 0 Å². The molecule has 1 saturated heterocycles. The highest BCUT2D eigenvalue weighted by molar-refractivity contribution is 6.36. The highest BCUT2D eigenvalue weighted by Crippen LogP contribution is 2.35. The summed E-state index contributed by atoms with van der Waals surface area (Å²) >= 11 is 0. The van der Waals surface area contributed by atoms with E-state index in [1.165, 1.54) is 29.8 Å².